The summed E-state index contributed by atoms with van der Waals surface area (Å²) in [4.78, 5) is 11.5. The number of hydrogen-bond acceptors (Lipinski definition) is 6. The Morgan fingerprint density at radius 2 is 1.92 bits per heavy atom. The van der Waals surface area contributed by atoms with E-state index in [4.69, 9.17) is 27.6 Å². The average molecular weight is 406 g/mol. The third kappa shape index (κ3) is 5.42. The van der Waals surface area contributed by atoms with Gasteiger partial charge in [0.15, 0.2) is 0 Å². The lowest BCUT2D eigenvalue weighted by Gasteiger charge is -2.05. The number of hydrogen-bond donors (Lipinski definition) is 1. The van der Waals surface area contributed by atoms with Crippen LogP contribution in [-0.4, -0.2) is 24.5 Å². The largest absolute Gasteiger partial charge is 0.411 e. The normalized spacial score (nSPS) is 11.5. The van der Waals surface area contributed by atoms with Gasteiger partial charge >= 0.3 is 5.22 Å². The summed E-state index contributed by atoms with van der Waals surface area (Å²) in [5.74, 6) is -0.614. The van der Waals surface area contributed by atoms with E-state index in [1.54, 1.807) is 18.2 Å². The Morgan fingerprint density at radius 3 is 2.56 bits per heavy atom. The van der Waals surface area contributed by atoms with Crippen molar-refractivity contribution >= 4 is 38.9 Å². The molecule has 0 unspecified atom stereocenters. The molecule has 0 atom stereocenters. The summed E-state index contributed by atoms with van der Waals surface area (Å²) in [5, 5.41) is 9.71. The molecule has 0 aliphatic heterocycles. The number of aromatic nitrogens is 2. The Bertz CT molecular complexity index is 832. The van der Waals surface area contributed by atoms with Crippen LogP contribution in [0.1, 0.15) is 37.6 Å². The third-order valence-electron chi connectivity index (χ3n) is 3.30. The van der Waals surface area contributed by atoms with Crippen molar-refractivity contribution in [2.75, 3.05) is 0 Å². The fourth-order valence-electron chi connectivity index (χ4n) is 1.96. The SMILES string of the molecule is CCCCC(=O)NCc1nnc(S(=O)(=O)Cc2c(Cl)cccc2Cl)o1. The van der Waals surface area contributed by atoms with Gasteiger partial charge < -0.3 is 9.73 Å². The zero-order chi connectivity index (χ0) is 18.4. The van der Waals surface area contributed by atoms with E-state index in [2.05, 4.69) is 15.5 Å². The number of benzene rings is 1. The molecule has 1 aromatic heterocycles. The molecular formula is C15H17Cl2N3O4S. The molecule has 10 heteroatoms. The number of unbranched alkanes of at least 4 members (excludes halogenated alkanes) is 1. The number of carbonyl (C=O) groups is 1. The maximum Gasteiger partial charge on any atom is 0.335 e. The van der Waals surface area contributed by atoms with E-state index in [0.717, 1.165) is 12.8 Å². The van der Waals surface area contributed by atoms with Crippen LogP contribution in [0.3, 0.4) is 0 Å². The summed E-state index contributed by atoms with van der Waals surface area (Å²) >= 11 is 12.0. The lowest BCUT2D eigenvalue weighted by molar-refractivity contribution is -0.121. The van der Waals surface area contributed by atoms with Gasteiger partial charge in [-0.25, -0.2) is 8.42 Å². The van der Waals surface area contributed by atoms with Crippen molar-refractivity contribution in [2.45, 2.75) is 43.7 Å². The van der Waals surface area contributed by atoms with Crippen LogP contribution >= 0.6 is 23.2 Å². The molecule has 1 N–H and O–H groups in total. The molecule has 0 aliphatic carbocycles. The second kappa shape index (κ2) is 8.64. The first-order valence-corrected chi connectivity index (χ1v) is 9.99. The zero-order valence-corrected chi connectivity index (χ0v) is 15.8. The Kier molecular flexibility index (Phi) is 6.80. The van der Waals surface area contributed by atoms with Gasteiger partial charge in [-0.15, -0.1) is 5.10 Å². The van der Waals surface area contributed by atoms with E-state index in [1.165, 1.54) is 0 Å². The van der Waals surface area contributed by atoms with Gasteiger partial charge in [-0.2, -0.15) is 0 Å². The molecule has 1 aromatic carbocycles. The average Bonchev–Trinajstić information content (AvgIpc) is 3.04. The Labute approximate surface area is 155 Å². The van der Waals surface area contributed by atoms with Crippen molar-refractivity contribution in [2.24, 2.45) is 0 Å². The first-order chi connectivity index (χ1) is 11.8. The van der Waals surface area contributed by atoms with Crippen LogP contribution in [-0.2, 0) is 26.9 Å². The highest BCUT2D eigenvalue weighted by Crippen LogP contribution is 2.28. The highest BCUT2D eigenvalue weighted by molar-refractivity contribution is 7.90. The predicted molar refractivity (Wildman–Crippen MR) is 93.0 cm³/mol. The number of nitrogens with zero attached hydrogens (tertiary/aromatic N) is 2. The van der Waals surface area contributed by atoms with Gasteiger partial charge in [-0.05, 0) is 18.6 Å². The van der Waals surface area contributed by atoms with Crippen LogP contribution in [0.4, 0.5) is 0 Å². The number of nitrogens with one attached hydrogen (secondary N) is 1. The first-order valence-electron chi connectivity index (χ1n) is 7.58. The van der Waals surface area contributed by atoms with Gasteiger partial charge in [0.1, 0.15) is 0 Å². The van der Waals surface area contributed by atoms with Crippen LogP contribution in [0.5, 0.6) is 0 Å². The molecule has 2 rings (SSSR count). The van der Waals surface area contributed by atoms with E-state index < -0.39 is 20.8 Å². The maximum atomic E-state index is 12.4. The van der Waals surface area contributed by atoms with Crippen molar-refractivity contribution < 1.29 is 17.6 Å². The van der Waals surface area contributed by atoms with Crippen LogP contribution in [0, 0.1) is 0 Å². The van der Waals surface area contributed by atoms with E-state index in [-0.39, 0.29) is 34.0 Å². The fraction of sp³-hybridized carbons (Fsp3) is 0.400. The highest BCUT2D eigenvalue weighted by Gasteiger charge is 2.25. The molecule has 0 spiro atoms. The molecule has 0 bridgehead atoms. The molecule has 0 saturated carbocycles. The lowest BCUT2D eigenvalue weighted by atomic mass is 10.2. The number of sulfone groups is 1. The van der Waals surface area contributed by atoms with Crippen molar-refractivity contribution in [3.63, 3.8) is 0 Å². The van der Waals surface area contributed by atoms with Gasteiger partial charge in [0.25, 0.3) is 0 Å². The van der Waals surface area contributed by atoms with Crippen molar-refractivity contribution in [3.8, 4) is 0 Å². The molecule has 0 aliphatic rings. The van der Waals surface area contributed by atoms with Gasteiger partial charge in [0.05, 0.1) is 12.3 Å². The molecule has 2 aromatic rings. The summed E-state index contributed by atoms with van der Waals surface area (Å²) in [6, 6.07) is 4.71. The molecule has 7 nitrogen and oxygen atoms in total. The van der Waals surface area contributed by atoms with Gasteiger partial charge in [0.2, 0.25) is 21.6 Å². The van der Waals surface area contributed by atoms with Crippen molar-refractivity contribution in [3.05, 3.63) is 39.7 Å². The van der Waals surface area contributed by atoms with Crippen LogP contribution in [0.2, 0.25) is 10.0 Å². The van der Waals surface area contributed by atoms with E-state index in [9.17, 15) is 13.2 Å². The standard InChI is InChI=1S/C15H17Cl2N3O4S/c1-2-3-7-13(21)18-8-14-19-20-15(24-14)25(22,23)9-10-11(16)5-4-6-12(10)17/h4-6H,2-3,7-9H2,1H3,(H,18,21). The maximum absolute atomic E-state index is 12.4. The van der Waals surface area contributed by atoms with Gasteiger partial charge in [0, 0.05) is 22.0 Å². The molecule has 0 radical (unpaired) electrons. The van der Waals surface area contributed by atoms with Crippen LogP contribution < -0.4 is 5.32 Å². The molecule has 1 amide bonds. The number of rotatable bonds is 8. The Balaban J connectivity index is 2.06. The van der Waals surface area contributed by atoms with Crippen molar-refractivity contribution in [1.29, 1.82) is 0 Å². The molecule has 0 saturated heterocycles. The molecule has 136 valence electrons. The summed E-state index contributed by atoms with van der Waals surface area (Å²) in [5.41, 5.74) is 0.262. The number of amides is 1. The Hall–Kier alpha value is -1.64. The topological polar surface area (TPSA) is 102 Å². The third-order valence-corrected chi connectivity index (χ3v) is 5.38. The number of halogens is 2. The summed E-state index contributed by atoms with van der Waals surface area (Å²) < 4.78 is 29.9. The minimum atomic E-state index is -3.91. The minimum absolute atomic E-state index is 0.00804. The van der Waals surface area contributed by atoms with E-state index in [1.807, 2.05) is 6.92 Å². The molecule has 1 heterocycles. The summed E-state index contributed by atoms with van der Waals surface area (Å²) in [6.07, 6.45) is 2.07. The zero-order valence-electron chi connectivity index (χ0n) is 13.5. The second-order valence-electron chi connectivity index (χ2n) is 5.30. The fourth-order valence-corrected chi connectivity index (χ4v) is 3.85. The molecule has 0 fully saturated rings. The molecular weight excluding hydrogens is 389 g/mol. The first kappa shape index (κ1) is 19.7. The minimum Gasteiger partial charge on any atom is -0.411 e. The summed E-state index contributed by atoms with van der Waals surface area (Å²) in [6.45, 7) is 1.95. The van der Waals surface area contributed by atoms with Gasteiger partial charge in [-0.1, -0.05) is 47.7 Å². The highest BCUT2D eigenvalue weighted by atomic mass is 35.5. The summed E-state index contributed by atoms with van der Waals surface area (Å²) in [7, 11) is -3.91. The Morgan fingerprint density at radius 1 is 1.24 bits per heavy atom. The predicted octanol–water partition coefficient (Wildman–Crippen LogP) is 3.16. The van der Waals surface area contributed by atoms with Crippen molar-refractivity contribution in [1.82, 2.24) is 15.5 Å². The lowest BCUT2D eigenvalue weighted by Crippen LogP contribution is -2.22. The van der Waals surface area contributed by atoms with Crippen LogP contribution in [0.25, 0.3) is 0 Å². The monoisotopic (exact) mass is 405 g/mol. The van der Waals surface area contributed by atoms with Crippen LogP contribution in [0.15, 0.2) is 27.8 Å². The van der Waals surface area contributed by atoms with Gasteiger partial charge in [-0.3, -0.25) is 4.79 Å². The number of carbonyl (C=O) groups excluding carboxylic acids is 1. The smallest absolute Gasteiger partial charge is 0.335 e. The quantitative estimate of drug-likeness (QED) is 0.723. The molecule has 25 heavy (non-hydrogen) atoms. The van der Waals surface area contributed by atoms with E-state index in [0.29, 0.717) is 6.42 Å². The van der Waals surface area contributed by atoms with E-state index >= 15 is 0 Å². The second-order valence-corrected chi connectivity index (χ2v) is 7.98.